The molecular formula is C20H19BrFN3O4. The Hall–Kier alpha value is -2.52. The largest absolute Gasteiger partial charge is 0.361 e. The van der Waals surface area contributed by atoms with Crippen LogP contribution in [0.3, 0.4) is 0 Å². The van der Waals surface area contributed by atoms with Crippen LogP contribution in [-0.4, -0.2) is 33.3 Å². The molecule has 4 rings (SSSR count). The minimum Gasteiger partial charge on any atom is -0.361 e. The van der Waals surface area contributed by atoms with Crippen LogP contribution < -0.4 is 10.9 Å². The van der Waals surface area contributed by atoms with Crippen molar-refractivity contribution >= 4 is 33.4 Å². The van der Waals surface area contributed by atoms with E-state index in [1.807, 2.05) is 0 Å². The highest BCUT2D eigenvalue weighted by Gasteiger charge is 2.46. The van der Waals surface area contributed by atoms with E-state index in [-0.39, 0.29) is 22.4 Å². The van der Waals surface area contributed by atoms with E-state index in [2.05, 4.69) is 21.2 Å². The Labute approximate surface area is 174 Å². The molecule has 0 fully saturated rings. The van der Waals surface area contributed by atoms with E-state index in [0.29, 0.717) is 22.7 Å². The van der Waals surface area contributed by atoms with E-state index in [1.165, 1.54) is 17.7 Å². The Balaban J connectivity index is 2.05. The van der Waals surface area contributed by atoms with Gasteiger partial charge in [-0.15, -0.1) is 0 Å². The summed E-state index contributed by atoms with van der Waals surface area (Å²) in [5, 5.41) is 3.12. The van der Waals surface area contributed by atoms with Crippen LogP contribution in [0.4, 0.5) is 10.2 Å². The molecule has 0 radical (unpaired) electrons. The maximum atomic E-state index is 13.9. The zero-order chi connectivity index (χ0) is 21.2. The summed E-state index contributed by atoms with van der Waals surface area (Å²) >= 11 is 3.18. The molecule has 0 bridgehead atoms. The fourth-order valence-electron chi connectivity index (χ4n) is 3.97. The molecule has 7 nitrogen and oxygen atoms in total. The zero-order valence-electron chi connectivity index (χ0n) is 16.3. The highest BCUT2D eigenvalue weighted by Crippen LogP contribution is 2.45. The number of nitrogens with zero attached hydrogens (tertiary/aromatic N) is 2. The van der Waals surface area contributed by atoms with Crippen molar-refractivity contribution in [3.63, 3.8) is 0 Å². The fourth-order valence-corrected chi connectivity index (χ4v) is 4.36. The SMILES string of the molecule is CC(=O)n1c(=O)c2c(n1C)NC1=C(C(=O)C(C)(C)OC1)C2c1ccc(F)c(Br)c1. The average molecular weight is 464 g/mol. The minimum atomic E-state index is -1.07. The lowest BCUT2D eigenvalue weighted by atomic mass is 9.76. The first-order valence-corrected chi connectivity index (χ1v) is 9.80. The number of ketones is 1. The molecule has 0 saturated carbocycles. The number of aromatic nitrogens is 2. The first-order chi connectivity index (χ1) is 13.5. The number of ether oxygens (including phenoxy) is 1. The van der Waals surface area contributed by atoms with Gasteiger partial charge in [0.1, 0.15) is 17.2 Å². The summed E-state index contributed by atoms with van der Waals surface area (Å²) in [5.74, 6) is -1.52. The molecule has 2 aliphatic rings. The number of Topliss-reactive ketones (excluding diaryl/α,β-unsaturated/α-hetero) is 1. The molecule has 152 valence electrons. The molecule has 29 heavy (non-hydrogen) atoms. The van der Waals surface area contributed by atoms with Gasteiger partial charge in [-0.25, -0.2) is 4.39 Å². The van der Waals surface area contributed by atoms with Crippen molar-refractivity contribution in [2.75, 3.05) is 11.9 Å². The van der Waals surface area contributed by atoms with Gasteiger partial charge in [-0.05, 0) is 47.5 Å². The molecule has 2 aliphatic heterocycles. The van der Waals surface area contributed by atoms with Gasteiger partial charge >= 0.3 is 0 Å². The maximum absolute atomic E-state index is 13.9. The maximum Gasteiger partial charge on any atom is 0.280 e. The Morgan fingerprint density at radius 2 is 2.03 bits per heavy atom. The van der Waals surface area contributed by atoms with Crippen LogP contribution in [0, 0.1) is 5.82 Å². The number of halogens is 2. The number of fused-ring (bicyclic) bond motifs is 1. The van der Waals surface area contributed by atoms with Gasteiger partial charge in [-0.3, -0.25) is 19.1 Å². The monoisotopic (exact) mass is 463 g/mol. The highest BCUT2D eigenvalue weighted by atomic mass is 79.9. The van der Waals surface area contributed by atoms with Gasteiger partial charge in [0, 0.05) is 25.5 Å². The number of carbonyl (C=O) groups excluding carboxylic acids is 2. The summed E-state index contributed by atoms with van der Waals surface area (Å²) < 4.78 is 22.3. The lowest BCUT2D eigenvalue weighted by molar-refractivity contribution is -0.137. The zero-order valence-corrected chi connectivity index (χ0v) is 17.9. The van der Waals surface area contributed by atoms with Crippen LogP contribution >= 0.6 is 15.9 Å². The Morgan fingerprint density at radius 3 is 2.66 bits per heavy atom. The Morgan fingerprint density at radius 1 is 1.34 bits per heavy atom. The average Bonchev–Trinajstić information content (AvgIpc) is 2.90. The van der Waals surface area contributed by atoms with Crippen LogP contribution in [0.2, 0.25) is 0 Å². The highest BCUT2D eigenvalue weighted by molar-refractivity contribution is 9.10. The van der Waals surface area contributed by atoms with Gasteiger partial charge < -0.3 is 10.1 Å². The van der Waals surface area contributed by atoms with Gasteiger partial charge in [0.15, 0.2) is 5.78 Å². The van der Waals surface area contributed by atoms with Crippen LogP contribution in [0.15, 0.2) is 38.7 Å². The summed E-state index contributed by atoms with van der Waals surface area (Å²) in [5.41, 5.74) is 0.178. The predicted molar refractivity (Wildman–Crippen MR) is 108 cm³/mol. The summed E-state index contributed by atoms with van der Waals surface area (Å²) in [6.45, 7) is 4.78. The van der Waals surface area contributed by atoms with Gasteiger partial charge in [0.05, 0.1) is 22.3 Å². The van der Waals surface area contributed by atoms with E-state index in [9.17, 15) is 18.8 Å². The van der Waals surface area contributed by atoms with Crippen LogP contribution in [0.25, 0.3) is 0 Å². The van der Waals surface area contributed by atoms with E-state index in [0.717, 1.165) is 4.68 Å². The summed E-state index contributed by atoms with van der Waals surface area (Å²) in [4.78, 5) is 38.5. The molecule has 1 aromatic heterocycles. The third-order valence-electron chi connectivity index (χ3n) is 5.42. The molecule has 0 saturated heterocycles. The Bertz CT molecular complexity index is 1180. The standard InChI is InChI=1S/C20H19BrFN3O4/c1-9(26)25-19(28)16-14(10-5-6-12(22)11(21)7-10)15-13(23-18(16)24(25)4)8-29-20(2,3)17(15)27/h5-7,14,23H,8H2,1-4H3. The lowest BCUT2D eigenvalue weighted by Gasteiger charge is -2.38. The third-order valence-corrected chi connectivity index (χ3v) is 6.03. The van der Waals surface area contributed by atoms with Crippen LogP contribution in [-0.2, 0) is 16.6 Å². The number of rotatable bonds is 1. The normalized spacial score (nSPS) is 20.2. The lowest BCUT2D eigenvalue weighted by Crippen LogP contribution is -2.45. The molecule has 1 N–H and O–H groups in total. The van der Waals surface area contributed by atoms with Crippen molar-refractivity contribution in [2.45, 2.75) is 32.3 Å². The fraction of sp³-hybridized carbons (Fsp3) is 0.350. The number of carbonyl (C=O) groups is 2. The number of benzene rings is 1. The van der Waals surface area contributed by atoms with E-state index in [4.69, 9.17) is 4.74 Å². The van der Waals surface area contributed by atoms with Crippen LogP contribution in [0.5, 0.6) is 0 Å². The Kier molecular flexibility index (Phi) is 4.43. The molecule has 9 heteroatoms. The van der Waals surface area contributed by atoms with E-state index in [1.54, 1.807) is 33.0 Å². The van der Waals surface area contributed by atoms with Gasteiger partial charge in [0.2, 0.25) is 5.91 Å². The van der Waals surface area contributed by atoms with E-state index >= 15 is 0 Å². The predicted octanol–water partition coefficient (Wildman–Crippen LogP) is 2.94. The van der Waals surface area contributed by atoms with Crippen molar-refractivity contribution in [3.8, 4) is 0 Å². The second kappa shape index (κ2) is 6.50. The van der Waals surface area contributed by atoms with Gasteiger partial charge in [-0.1, -0.05) is 6.07 Å². The summed E-state index contributed by atoms with van der Waals surface area (Å²) in [7, 11) is 1.59. The van der Waals surface area contributed by atoms with Crippen molar-refractivity contribution < 1.29 is 18.7 Å². The summed E-state index contributed by atoms with van der Waals surface area (Å²) in [6.07, 6.45) is 0. The first kappa shape index (κ1) is 19.8. The van der Waals surface area contributed by atoms with Crippen molar-refractivity contribution in [1.29, 1.82) is 0 Å². The quantitative estimate of drug-likeness (QED) is 0.702. The number of anilines is 1. The number of hydrogen-bond donors (Lipinski definition) is 1. The summed E-state index contributed by atoms with van der Waals surface area (Å²) in [6, 6.07) is 4.38. The molecule has 1 atom stereocenters. The second-order valence-corrected chi connectivity index (χ2v) is 8.53. The van der Waals surface area contributed by atoms with Crippen molar-refractivity contribution in [2.24, 2.45) is 7.05 Å². The topological polar surface area (TPSA) is 82.3 Å². The second-order valence-electron chi connectivity index (χ2n) is 7.67. The first-order valence-electron chi connectivity index (χ1n) is 9.01. The van der Waals surface area contributed by atoms with Crippen molar-refractivity contribution in [1.82, 2.24) is 9.36 Å². The molecule has 0 amide bonds. The number of hydrogen-bond acceptors (Lipinski definition) is 5. The molecule has 3 heterocycles. The molecule has 1 aromatic carbocycles. The van der Waals surface area contributed by atoms with Gasteiger partial charge in [-0.2, -0.15) is 4.68 Å². The molecule has 2 aromatic rings. The van der Waals surface area contributed by atoms with Crippen LogP contribution in [0.1, 0.15) is 42.6 Å². The van der Waals surface area contributed by atoms with Gasteiger partial charge in [0.25, 0.3) is 5.56 Å². The smallest absolute Gasteiger partial charge is 0.280 e. The molecule has 0 spiro atoms. The third kappa shape index (κ3) is 2.83. The van der Waals surface area contributed by atoms with E-state index < -0.39 is 28.8 Å². The number of nitrogens with one attached hydrogen (secondary N) is 1. The molecule has 1 unspecified atom stereocenters. The minimum absolute atomic E-state index is 0.145. The molecule has 0 aliphatic carbocycles. The molecular weight excluding hydrogens is 445 g/mol. The van der Waals surface area contributed by atoms with Crippen molar-refractivity contribution in [3.05, 3.63) is 61.2 Å².